The molecule has 0 spiro atoms. The standard InChI is InChI=1S/C15H19NO6/c1-3-8-21-9-13(15(18)19)16-14(17)10-22-12-6-4-11(20-2)5-7-12/h3-7,13H,1,8-10H2,2H3,(H,16,17)(H,18,19). The Bertz CT molecular complexity index is 499. The highest BCUT2D eigenvalue weighted by Crippen LogP contribution is 2.16. The SMILES string of the molecule is C=CCOCC(NC(=O)COc1ccc(OC)cc1)C(=O)O. The first kappa shape index (κ1) is 17.5. The van der Waals surface area contributed by atoms with Crippen LogP contribution >= 0.6 is 0 Å². The number of ether oxygens (including phenoxy) is 3. The first-order valence-corrected chi connectivity index (χ1v) is 6.54. The summed E-state index contributed by atoms with van der Waals surface area (Å²) in [5, 5.41) is 11.3. The number of nitrogens with one attached hydrogen (secondary N) is 1. The zero-order chi connectivity index (χ0) is 16.4. The van der Waals surface area contributed by atoms with Crippen molar-refractivity contribution < 1.29 is 28.9 Å². The number of rotatable bonds is 10. The van der Waals surface area contributed by atoms with Gasteiger partial charge in [-0.2, -0.15) is 0 Å². The van der Waals surface area contributed by atoms with Crippen LogP contribution in [-0.2, 0) is 14.3 Å². The summed E-state index contributed by atoms with van der Waals surface area (Å²) < 4.78 is 15.3. The van der Waals surface area contributed by atoms with Crippen molar-refractivity contribution >= 4 is 11.9 Å². The molecule has 0 aliphatic rings. The molecule has 0 fully saturated rings. The number of amides is 1. The van der Waals surface area contributed by atoms with Crippen molar-refractivity contribution in [3.63, 3.8) is 0 Å². The normalized spacial score (nSPS) is 11.3. The molecule has 0 radical (unpaired) electrons. The maximum absolute atomic E-state index is 11.7. The van der Waals surface area contributed by atoms with E-state index < -0.39 is 17.9 Å². The minimum absolute atomic E-state index is 0.143. The third-order valence-electron chi connectivity index (χ3n) is 2.58. The van der Waals surface area contributed by atoms with Gasteiger partial charge in [0.2, 0.25) is 0 Å². The molecule has 0 saturated heterocycles. The summed E-state index contributed by atoms with van der Waals surface area (Å²) in [6.45, 7) is 3.22. The van der Waals surface area contributed by atoms with Crippen molar-refractivity contribution in [1.82, 2.24) is 5.32 Å². The van der Waals surface area contributed by atoms with Gasteiger partial charge in [0.25, 0.3) is 5.91 Å². The fourth-order valence-electron chi connectivity index (χ4n) is 1.50. The molecule has 1 aromatic carbocycles. The minimum Gasteiger partial charge on any atom is -0.497 e. The van der Waals surface area contributed by atoms with E-state index in [4.69, 9.17) is 19.3 Å². The molecule has 7 heteroatoms. The smallest absolute Gasteiger partial charge is 0.328 e. The molecule has 22 heavy (non-hydrogen) atoms. The van der Waals surface area contributed by atoms with Crippen molar-refractivity contribution in [3.8, 4) is 11.5 Å². The number of methoxy groups -OCH3 is 1. The molecular formula is C15H19NO6. The number of carboxylic acids is 1. The van der Waals surface area contributed by atoms with Gasteiger partial charge in [-0.25, -0.2) is 4.79 Å². The van der Waals surface area contributed by atoms with E-state index in [0.29, 0.717) is 11.5 Å². The Hall–Kier alpha value is -2.54. The Balaban J connectivity index is 2.42. The maximum Gasteiger partial charge on any atom is 0.328 e. The third kappa shape index (κ3) is 6.27. The van der Waals surface area contributed by atoms with E-state index in [1.807, 2.05) is 0 Å². The molecule has 0 heterocycles. The van der Waals surface area contributed by atoms with Crippen LogP contribution in [0, 0.1) is 0 Å². The van der Waals surface area contributed by atoms with E-state index in [1.165, 1.54) is 6.08 Å². The summed E-state index contributed by atoms with van der Waals surface area (Å²) in [4.78, 5) is 22.7. The van der Waals surface area contributed by atoms with Crippen LogP contribution in [0.3, 0.4) is 0 Å². The summed E-state index contributed by atoms with van der Waals surface area (Å²) in [6.07, 6.45) is 1.49. The minimum atomic E-state index is -1.18. The lowest BCUT2D eigenvalue weighted by atomic mass is 10.3. The third-order valence-corrected chi connectivity index (χ3v) is 2.58. The Labute approximate surface area is 128 Å². The largest absolute Gasteiger partial charge is 0.497 e. The molecule has 1 atom stereocenters. The van der Waals surface area contributed by atoms with Gasteiger partial charge in [0.15, 0.2) is 12.6 Å². The molecule has 1 aromatic rings. The lowest BCUT2D eigenvalue weighted by Crippen LogP contribution is -2.45. The second-order valence-corrected chi connectivity index (χ2v) is 4.25. The van der Waals surface area contributed by atoms with E-state index in [0.717, 1.165) is 0 Å². The molecule has 1 rings (SSSR count). The zero-order valence-electron chi connectivity index (χ0n) is 12.3. The van der Waals surface area contributed by atoms with Crippen LogP contribution < -0.4 is 14.8 Å². The van der Waals surface area contributed by atoms with Crippen molar-refractivity contribution in [2.45, 2.75) is 6.04 Å². The van der Waals surface area contributed by atoms with Crippen LogP contribution in [0.4, 0.5) is 0 Å². The molecule has 0 aliphatic carbocycles. The maximum atomic E-state index is 11.7. The van der Waals surface area contributed by atoms with Gasteiger partial charge >= 0.3 is 5.97 Å². The Morgan fingerprint density at radius 3 is 2.50 bits per heavy atom. The molecule has 0 aliphatic heterocycles. The molecule has 0 bridgehead atoms. The Morgan fingerprint density at radius 1 is 1.32 bits per heavy atom. The van der Waals surface area contributed by atoms with E-state index in [1.54, 1.807) is 31.4 Å². The van der Waals surface area contributed by atoms with Crippen molar-refractivity contribution in [2.75, 3.05) is 26.9 Å². The molecule has 7 nitrogen and oxygen atoms in total. The predicted octanol–water partition coefficient (Wildman–Crippen LogP) is 0.846. The van der Waals surface area contributed by atoms with Crippen LogP contribution in [0.15, 0.2) is 36.9 Å². The molecule has 2 N–H and O–H groups in total. The number of hydrogen-bond donors (Lipinski definition) is 2. The number of carbonyl (C=O) groups excluding carboxylic acids is 1. The lowest BCUT2D eigenvalue weighted by Gasteiger charge is -2.14. The van der Waals surface area contributed by atoms with Crippen LogP contribution in [0.25, 0.3) is 0 Å². The second-order valence-electron chi connectivity index (χ2n) is 4.25. The second kappa shape index (κ2) is 9.41. The van der Waals surface area contributed by atoms with Gasteiger partial charge in [0.05, 0.1) is 20.3 Å². The van der Waals surface area contributed by atoms with E-state index >= 15 is 0 Å². The van der Waals surface area contributed by atoms with Crippen molar-refractivity contribution in [1.29, 1.82) is 0 Å². The molecule has 0 aromatic heterocycles. The Morgan fingerprint density at radius 2 is 1.95 bits per heavy atom. The summed E-state index contributed by atoms with van der Waals surface area (Å²) in [5.74, 6) is -0.583. The van der Waals surface area contributed by atoms with E-state index in [-0.39, 0.29) is 19.8 Å². The van der Waals surface area contributed by atoms with Crippen LogP contribution in [0.1, 0.15) is 0 Å². The number of aliphatic carboxylic acids is 1. The number of carboxylic acid groups (broad SMARTS) is 1. The summed E-state index contributed by atoms with van der Waals surface area (Å²) in [6, 6.07) is 5.54. The number of carbonyl (C=O) groups is 2. The zero-order valence-corrected chi connectivity index (χ0v) is 12.3. The first-order chi connectivity index (χ1) is 10.6. The van der Waals surface area contributed by atoms with E-state index in [9.17, 15) is 9.59 Å². The fourth-order valence-corrected chi connectivity index (χ4v) is 1.50. The average molecular weight is 309 g/mol. The topological polar surface area (TPSA) is 94.1 Å². The number of hydrogen-bond acceptors (Lipinski definition) is 5. The quantitative estimate of drug-likeness (QED) is 0.491. The highest BCUT2D eigenvalue weighted by atomic mass is 16.5. The molecule has 1 unspecified atom stereocenters. The van der Waals surface area contributed by atoms with Gasteiger partial charge in [-0.05, 0) is 24.3 Å². The fraction of sp³-hybridized carbons (Fsp3) is 0.333. The summed E-state index contributed by atoms with van der Waals surface area (Å²) in [7, 11) is 1.55. The van der Waals surface area contributed by atoms with Gasteiger partial charge < -0.3 is 24.6 Å². The van der Waals surface area contributed by atoms with Gasteiger partial charge in [0.1, 0.15) is 11.5 Å². The predicted molar refractivity (Wildman–Crippen MR) is 79.1 cm³/mol. The number of benzene rings is 1. The van der Waals surface area contributed by atoms with Crippen molar-refractivity contribution in [2.24, 2.45) is 0 Å². The summed E-state index contributed by atoms with van der Waals surface area (Å²) in [5.41, 5.74) is 0. The van der Waals surface area contributed by atoms with Gasteiger partial charge in [-0.15, -0.1) is 6.58 Å². The highest BCUT2D eigenvalue weighted by Gasteiger charge is 2.20. The van der Waals surface area contributed by atoms with Gasteiger partial charge in [-0.3, -0.25) is 4.79 Å². The van der Waals surface area contributed by atoms with Crippen LogP contribution in [0.5, 0.6) is 11.5 Å². The molecule has 1 amide bonds. The average Bonchev–Trinajstić information content (AvgIpc) is 2.52. The lowest BCUT2D eigenvalue weighted by molar-refractivity contribution is -0.143. The summed E-state index contributed by atoms with van der Waals surface area (Å²) >= 11 is 0. The van der Waals surface area contributed by atoms with Crippen molar-refractivity contribution in [3.05, 3.63) is 36.9 Å². The molecule has 0 saturated carbocycles. The monoisotopic (exact) mass is 309 g/mol. The van der Waals surface area contributed by atoms with Gasteiger partial charge in [-0.1, -0.05) is 6.08 Å². The highest BCUT2D eigenvalue weighted by molar-refractivity contribution is 5.84. The first-order valence-electron chi connectivity index (χ1n) is 6.54. The van der Waals surface area contributed by atoms with Crippen LogP contribution in [-0.4, -0.2) is 50.0 Å². The van der Waals surface area contributed by atoms with Gasteiger partial charge in [0, 0.05) is 0 Å². The van der Waals surface area contributed by atoms with Crippen LogP contribution in [0.2, 0.25) is 0 Å². The Kier molecular flexibility index (Phi) is 7.49. The van der Waals surface area contributed by atoms with E-state index in [2.05, 4.69) is 11.9 Å². The molecule has 120 valence electrons. The molecular weight excluding hydrogens is 290 g/mol.